The van der Waals surface area contributed by atoms with E-state index in [0.29, 0.717) is 5.56 Å². The molecular formula is C10H10BrNO4. The summed E-state index contributed by atoms with van der Waals surface area (Å²) in [6, 6.07) is 8.29. The Morgan fingerprint density at radius 2 is 1.81 bits per heavy atom. The molecular weight excluding hydrogens is 278 g/mol. The van der Waals surface area contributed by atoms with Gasteiger partial charge in [-0.3, -0.25) is 10.1 Å². The number of carboxylic acid groups (broad SMARTS) is 2. The van der Waals surface area contributed by atoms with Gasteiger partial charge in [0, 0.05) is 0 Å². The van der Waals surface area contributed by atoms with Crippen molar-refractivity contribution in [3.8, 4) is 0 Å². The van der Waals surface area contributed by atoms with Crippen LogP contribution < -0.4 is 5.32 Å². The SMILES string of the molecule is O=C(O)CNC(Br)(C(=O)O)c1ccccc1. The van der Waals surface area contributed by atoms with Crippen LogP contribution in [0.1, 0.15) is 5.56 Å². The Kier molecular flexibility index (Phi) is 4.03. The predicted octanol–water partition coefficient (Wildman–Crippen LogP) is 0.993. The number of nitrogens with one attached hydrogen (secondary N) is 1. The Balaban J connectivity index is 2.98. The first-order chi connectivity index (χ1) is 7.47. The van der Waals surface area contributed by atoms with Gasteiger partial charge in [0.1, 0.15) is 0 Å². The van der Waals surface area contributed by atoms with E-state index in [0.717, 1.165) is 0 Å². The quantitative estimate of drug-likeness (QED) is 0.555. The molecule has 0 saturated heterocycles. The van der Waals surface area contributed by atoms with E-state index in [9.17, 15) is 9.59 Å². The lowest BCUT2D eigenvalue weighted by molar-refractivity contribution is -0.141. The fourth-order valence-corrected chi connectivity index (χ4v) is 1.57. The first-order valence-corrected chi connectivity index (χ1v) is 5.21. The minimum Gasteiger partial charge on any atom is -0.480 e. The lowest BCUT2D eigenvalue weighted by Crippen LogP contribution is -2.46. The van der Waals surface area contributed by atoms with Crippen molar-refractivity contribution in [3.63, 3.8) is 0 Å². The average Bonchev–Trinajstić information content (AvgIpc) is 2.26. The fraction of sp³-hybridized carbons (Fsp3) is 0.200. The number of carboxylic acids is 2. The first-order valence-electron chi connectivity index (χ1n) is 4.41. The van der Waals surface area contributed by atoms with E-state index in [1.165, 1.54) is 0 Å². The summed E-state index contributed by atoms with van der Waals surface area (Å²) in [6.45, 7) is -0.452. The van der Waals surface area contributed by atoms with Crippen molar-refractivity contribution in [2.24, 2.45) is 0 Å². The molecule has 0 spiro atoms. The summed E-state index contributed by atoms with van der Waals surface area (Å²) in [5.74, 6) is -2.32. The molecule has 86 valence electrons. The summed E-state index contributed by atoms with van der Waals surface area (Å²) < 4.78 is -1.58. The molecule has 0 bridgehead atoms. The number of carbonyl (C=O) groups is 2. The minimum atomic E-state index is -1.58. The minimum absolute atomic E-state index is 0.434. The number of rotatable bonds is 5. The number of halogens is 1. The third-order valence-electron chi connectivity index (χ3n) is 1.95. The highest BCUT2D eigenvalue weighted by atomic mass is 79.9. The van der Waals surface area contributed by atoms with Gasteiger partial charge >= 0.3 is 11.9 Å². The molecule has 0 radical (unpaired) electrons. The van der Waals surface area contributed by atoms with Gasteiger partial charge < -0.3 is 10.2 Å². The Morgan fingerprint density at radius 1 is 1.25 bits per heavy atom. The number of hydrogen-bond donors (Lipinski definition) is 3. The van der Waals surface area contributed by atoms with Crippen LogP contribution in [0.3, 0.4) is 0 Å². The average molecular weight is 288 g/mol. The molecule has 1 aromatic carbocycles. The van der Waals surface area contributed by atoms with Crippen LogP contribution in [0.25, 0.3) is 0 Å². The highest BCUT2D eigenvalue weighted by Gasteiger charge is 2.37. The second-order valence-corrected chi connectivity index (χ2v) is 4.27. The first kappa shape index (κ1) is 12.7. The van der Waals surface area contributed by atoms with Gasteiger partial charge in [-0.1, -0.05) is 30.3 Å². The smallest absolute Gasteiger partial charge is 0.339 e. The summed E-state index contributed by atoms with van der Waals surface area (Å²) in [4.78, 5) is 21.6. The highest BCUT2D eigenvalue weighted by Crippen LogP contribution is 2.28. The summed E-state index contributed by atoms with van der Waals surface area (Å²) in [6.07, 6.45) is 0. The third kappa shape index (κ3) is 2.80. The van der Waals surface area contributed by atoms with Gasteiger partial charge in [-0.05, 0) is 21.5 Å². The van der Waals surface area contributed by atoms with Gasteiger partial charge in [-0.15, -0.1) is 0 Å². The Bertz CT molecular complexity index is 395. The summed E-state index contributed by atoms with van der Waals surface area (Å²) >= 11 is 3.01. The molecule has 0 amide bonds. The van der Waals surface area contributed by atoms with Crippen molar-refractivity contribution in [2.45, 2.75) is 4.45 Å². The molecule has 1 unspecified atom stereocenters. The van der Waals surface area contributed by atoms with Crippen LogP contribution in [0.5, 0.6) is 0 Å². The molecule has 1 atom stereocenters. The molecule has 1 rings (SSSR count). The number of aliphatic carboxylic acids is 2. The van der Waals surface area contributed by atoms with Gasteiger partial charge in [0.25, 0.3) is 0 Å². The second-order valence-electron chi connectivity index (χ2n) is 3.08. The van der Waals surface area contributed by atoms with Gasteiger partial charge in [-0.2, -0.15) is 0 Å². The van der Waals surface area contributed by atoms with Crippen molar-refractivity contribution in [1.29, 1.82) is 0 Å². The number of hydrogen-bond acceptors (Lipinski definition) is 3. The van der Waals surface area contributed by atoms with Crippen LogP contribution in [0.15, 0.2) is 30.3 Å². The molecule has 0 saturated carbocycles. The third-order valence-corrected chi connectivity index (χ3v) is 3.03. The maximum Gasteiger partial charge on any atom is 0.339 e. The fourth-order valence-electron chi connectivity index (χ4n) is 1.17. The van der Waals surface area contributed by atoms with Crippen LogP contribution in [0.4, 0.5) is 0 Å². The lowest BCUT2D eigenvalue weighted by atomic mass is 10.1. The zero-order valence-electron chi connectivity index (χ0n) is 8.18. The van der Waals surface area contributed by atoms with E-state index >= 15 is 0 Å². The van der Waals surface area contributed by atoms with Crippen LogP contribution in [-0.4, -0.2) is 28.7 Å². The largest absolute Gasteiger partial charge is 0.480 e. The number of alkyl halides is 1. The molecule has 6 heteroatoms. The van der Waals surface area contributed by atoms with E-state index in [4.69, 9.17) is 10.2 Å². The van der Waals surface area contributed by atoms with Crippen molar-refractivity contribution < 1.29 is 19.8 Å². The molecule has 0 aliphatic heterocycles. The topological polar surface area (TPSA) is 86.6 Å². The van der Waals surface area contributed by atoms with E-state index in [1.807, 2.05) is 0 Å². The van der Waals surface area contributed by atoms with E-state index in [2.05, 4.69) is 21.2 Å². The van der Waals surface area contributed by atoms with Crippen LogP contribution in [0.2, 0.25) is 0 Å². The lowest BCUT2D eigenvalue weighted by Gasteiger charge is -2.23. The normalized spacial score (nSPS) is 14.1. The maximum atomic E-state index is 11.1. The zero-order valence-corrected chi connectivity index (χ0v) is 9.77. The molecule has 1 aromatic rings. The monoisotopic (exact) mass is 287 g/mol. The van der Waals surface area contributed by atoms with Crippen molar-refractivity contribution in [3.05, 3.63) is 35.9 Å². The van der Waals surface area contributed by atoms with Gasteiger partial charge in [0.05, 0.1) is 6.54 Å². The standard InChI is InChI=1S/C10H10BrNO4/c11-10(9(15)16,12-6-8(13)14)7-4-2-1-3-5-7/h1-5,12H,6H2,(H,13,14)(H,15,16). The molecule has 0 aromatic heterocycles. The summed E-state index contributed by atoms with van der Waals surface area (Å²) in [7, 11) is 0. The molecule has 0 heterocycles. The van der Waals surface area contributed by atoms with Crippen molar-refractivity contribution in [1.82, 2.24) is 5.32 Å². The van der Waals surface area contributed by atoms with Crippen LogP contribution in [0, 0.1) is 0 Å². The molecule has 0 fully saturated rings. The molecule has 16 heavy (non-hydrogen) atoms. The predicted molar refractivity (Wildman–Crippen MR) is 60.3 cm³/mol. The molecule has 5 nitrogen and oxygen atoms in total. The van der Waals surface area contributed by atoms with Crippen LogP contribution in [-0.2, 0) is 14.0 Å². The second kappa shape index (κ2) is 5.09. The Morgan fingerprint density at radius 3 is 2.25 bits per heavy atom. The van der Waals surface area contributed by atoms with E-state index in [-0.39, 0.29) is 0 Å². The van der Waals surface area contributed by atoms with Crippen LogP contribution >= 0.6 is 15.9 Å². The van der Waals surface area contributed by atoms with Gasteiger partial charge in [-0.25, -0.2) is 4.79 Å². The summed E-state index contributed by atoms with van der Waals surface area (Å²) in [5, 5.41) is 20.1. The summed E-state index contributed by atoms with van der Waals surface area (Å²) in [5.41, 5.74) is 0.434. The van der Waals surface area contributed by atoms with Gasteiger partial charge in [0.15, 0.2) is 4.45 Å². The molecule has 3 N–H and O–H groups in total. The molecule has 0 aliphatic rings. The van der Waals surface area contributed by atoms with Gasteiger partial charge in [0.2, 0.25) is 0 Å². The van der Waals surface area contributed by atoms with Crippen molar-refractivity contribution in [2.75, 3.05) is 6.54 Å². The highest BCUT2D eigenvalue weighted by molar-refractivity contribution is 9.10. The Hall–Kier alpha value is -1.40. The maximum absolute atomic E-state index is 11.1. The van der Waals surface area contributed by atoms with E-state index in [1.54, 1.807) is 30.3 Å². The van der Waals surface area contributed by atoms with E-state index < -0.39 is 22.9 Å². The van der Waals surface area contributed by atoms with Crippen molar-refractivity contribution >= 4 is 27.9 Å². The molecule has 0 aliphatic carbocycles. The zero-order chi connectivity index (χ0) is 12.2. The number of benzene rings is 1. The Labute approximate surface area is 100 Å².